The van der Waals surface area contributed by atoms with E-state index in [0.29, 0.717) is 16.6 Å². The second kappa shape index (κ2) is 6.39. The van der Waals surface area contributed by atoms with Crippen molar-refractivity contribution in [3.63, 3.8) is 0 Å². The van der Waals surface area contributed by atoms with Gasteiger partial charge in [0.05, 0.1) is 28.3 Å². The van der Waals surface area contributed by atoms with Crippen LogP contribution in [0.4, 0.5) is 0 Å². The summed E-state index contributed by atoms with van der Waals surface area (Å²) in [5.41, 5.74) is 3.77. The summed E-state index contributed by atoms with van der Waals surface area (Å²) >= 11 is 12.0. The van der Waals surface area contributed by atoms with Crippen LogP contribution in [-0.4, -0.2) is 14.8 Å². The van der Waals surface area contributed by atoms with Crippen LogP contribution in [0.2, 0.25) is 10.0 Å². The van der Waals surface area contributed by atoms with E-state index in [0.717, 1.165) is 27.6 Å². The summed E-state index contributed by atoms with van der Waals surface area (Å²) < 4.78 is 1.66. The molecule has 124 valence electrons. The summed E-state index contributed by atoms with van der Waals surface area (Å²) in [6, 6.07) is 14.8. The third-order valence-corrected chi connectivity index (χ3v) is 4.83. The molecule has 2 heterocycles. The molecule has 0 amide bonds. The Labute approximate surface area is 153 Å². The number of pyridine rings is 1. The third kappa shape index (κ3) is 3.18. The molecule has 6 heteroatoms. The van der Waals surface area contributed by atoms with E-state index in [-0.39, 0.29) is 5.56 Å². The third-order valence-electron chi connectivity index (χ3n) is 4.10. The molecule has 2 aromatic heterocycles. The molecule has 0 atom stereocenters. The molecule has 0 saturated heterocycles. The number of aromatic amines is 1. The van der Waals surface area contributed by atoms with Gasteiger partial charge >= 0.3 is 0 Å². The minimum Gasteiger partial charge on any atom is -0.310 e. The molecule has 0 radical (unpaired) electrons. The summed E-state index contributed by atoms with van der Waals surface area (Å²) in [6.45, 7) is 0.426. The minimum atomic E-state index is -0.0718. The first-order valence-electron chi connectivity index (χ1n) is 7.68. The zero-order chi connectivity index (χ0) is 17.4. The lowest BCUT2D eigenvalue weighted by Gasteiger charge is -2.10. The van der Waals surface area contributed by atoms with Crippen LogP contribution >= 0.6 is 23.2 Å². The lowest BCUT2D eigenvalue weighted by Crippen LogP contribution is -2.19. The van der Waals surface area contributed by atoms with Gasteiger partial charge in [0.1, 0.15) is 0 Å². The molecule has 0 aliphatic rings. The number of nitrogens with one attached hydrogen (secondary N) is 1. The first-order valence-corrected chi connectivity index (χ1v) is 8.44. The molecule has 0 aliphatic carbocycles. The van der Waals surface area contributed by atoms with Gasteiger partial charge in [-0.05, 0) is 41.0 Å². The van der Waals surface area contributed by atoms with E-state index in [1.54, 1.807) is 29.0 Å². The molecule has 1 N–H and O–H groups in total. The minimum absolute atomic E-state index is 0.0718. The van der Waals surface area contributed by atoms with Crippen LogP contribution in [0.3, 0.4) is 0 Å². The first-order chi connectivity index (χ1) is 12.1. The van der Waals surface area contributed by atoms with Gasteiger partial charge in [-0.3, -0.25) is 9.89 Å². The van der Waals surface area contributed by atoms with Gasteiger partial charge < -0.3 is 4.57 Å². The van der Waals surface area contributed by atoms with E-state index >= 15 is 0 Å². The Kier molecular flexibility index (Phi) is 4.07. The smallest absolute Gasteiger partial charge is 0.250 e. The maximum Gasteiger partial charge on any atom is 0.250 e. The van der Waals surface area contributed by atoms with Crippen molar-refractivity contribution in [3.05, 3.63) is 86.9 Å². The van der Waals surface area contributed by atoms with Gasteiger partial charge in [-0.15, -0.1) is 0 Å². The lowest BCUT2D eigenvalue weighted by molar-refractivity contribution is 0.761. The standard InChI is InChI=1S/C19H13Cl2N3O/c20-16-5-1-12(7-17(16)21)10-24-11-15(4-6-19(24)25)13-2-3-14-9-22-23-18(14)8-13/h1-9,11H,10H2,(H,22,23). The normalized spacial score (nSPS) is 11.1. The van der Waals surface area contributed by atoms with Crippen molar-refractivity contribution >= 4 is 34.1 Å². The Morgan fingerprint density at radius 2 is 1.80 bits per heavy atom. The zero-order valence-corrected chi connectivity index (χ0v) is 14.6. The topological polar surface area (TPSA) is 50.7 Å². The van der Waals surface area contributed by atoms with Crippen molar-refractivity contribution in [1.82, 2.24) is 14.8 Å². The molecule has 25 heavy (non-hydrogen) atoms. The van der Waals surface area contributed by atoms with E-state index < -0.39 is 0 Å². The largest absolute Gasteiger partial charge is 0.310 e. The zero-order valence-electron chi connectivity index (χ0n) is 13.0. The van der Waals surface area contributed by atoms with Crippen molar-refractivity contribution in [2.75, 3.05) is 0 Å². The number of hydrogen-bond donors (Lipinski definition) is 1. The summed E-state index contributed by atoms with van der Waals surface area (Å²) in [7, 11) is 0. The molecule has 0 bridgehead atoms. The fourth-order valence-corrected chi connectivity index (χ4v) is 3.10. The highest BCUT2D eigenvalue weighted by molar-refractivity contribution is 6.42. The van der Waals surface area contributed by atoms with Crippen molar-refractivity contribution in [3.8, 4) is 11.1 Å². The van der Waals surface area contributed by atoms with Gasteiger partial charge in [0.25, 0.3) is 5.56 Å². The molecule has 0 spiro atoms. The van der Waals surface area contributed by atoms with Gasteiger partial charge in [0, 0.05) is 17.6 Å². The molecule has 0 saturated carbocycles. The van der Waals surface area contributed by atoms with Crippen LogP contribution in [0.1, 0.15) is 5.56 Å². The highest BCUT2D eigenvalue weighted by Crippen LogP contribution is 2.24. The second-order valence-corrected chi connectivity index (χ2v) is 6.62. The molecule has 4 aromatic rings. The van der Waals surface area contributed by atoms with Crippen LogP contribution in [0, 0.1) is 0 Å². The van der Waals surface area contributed by atoms with Crippen molar-refractivity contribution in [2.45, 2.75) is 6.54 Å². The summed E-state index contributed by atoms with van der Waals surface area (Å²) in [5, 5.41) is 9.02. The number of fused-ring (bicyclic) bond motifs is 1. The van der Waals surface area contributed by atoms with Gasteiger partial charge in [-0.2, -0.15) is 5.10 Å². The van der Waals surface area contributed by atoms with Crippen LogP contribution < -0.4 is 5.56 Å². The predicted octanol–water partition coefficient (Wildman–Crippen LogP) is 4.75. The summed E-state index contributed by atoms with van der Waals surface area (Å²) in [6.07, 6.45) is 3.63. The second-order valence-electron chi connectivity index (χ2n) is 5.80. The molecular weight excluding hydrogens is 357 g/mol. The first kappa shape index (κ1) is 15.9. The average molecular weight is 370 g/mol. The van der Waals surface area contributed by atoms with E-state index in [2.05, 4.69) is 10.2 Å². The highest BCUT2D eigenvalue weighted by atomic mass is 35.5. The van der Waals surface area contributed by atoms with Gasteiger partial charge in [-0.25, -0.2) is 0 Å². The molecule has 4 nitrogen and oxygen atoms in total. The molecule has 2 aromatic carbocycles. The van der Waals surface area contributed by atoms with Gasteiger partial charge in [0.15, 0.2) is 0 Å². The SMILES string of the molecule is O=c1ccc(-c2ccc3cn[nH]c3c2)cn1Cc1ccc(Cl)c(Cl)c1. The van der Waals surface area contributed by atoms with Crippen molar-refractivity contribution < 1.29 is 0 Å². The number of nitrogens with zero attached hydrogens (tertiary/aromatic N) is 2. The maximum atomic E-state index is 12.2. The number of hydrogen-bond acceptors (Lipinski definition) is 2. The maximum absolute atomic E-state index is 12.2. The lowest BCUT2D eigenvalue weighted by atomic mass is 10.1. The summed E-state index contributed by atoms with van der Waals surface area (Å²) in [5.74, 6) is 0. The average Bonchev–Trinajstić information content (AvgIpc) is 3.08. The van der Waals surface area contributed by atoms with Crippen molar-refractivity contribution in [1.29, 1.82) is 0 Å². The number of halogens is 2. The molecular formula is C19H13Cl2N3O. The monoisotopic (exact) mass is 369 g/mol. The van der Waals surface area contributed by atoms with Crippen LogP contribution in [-0.2, 0) is 6.54 Å². The quantitative estimate of drug-likeness (QED) is 0.566. The van der Waals surface area contributed by atoms with Crippen LogP contribution in [0.5, 0.6) is 0 Å². The van der Waals surface area contributed by atoms with E-state index in [1.807, 2.05) is 36.5 Å². The number of rotatable bonds is 3. The number of aromatic nitrogens is 3. The fourth-order valence-electron chi connectivity index (χ4n) is 2.78. The fraction of sp³-hybridized carbons (Fsp3) is 0.0526. The molecule has 0 fully saturated rings. The predicted molar refractivity (Wildman–Crippen MR) is 101 cm³/mol. The molecule has 4 rings (SSSR count). The Balaban J connectivity index is 1.72. The Hall–Kier alpha value is -2.56. The summed E-state index contributed by atoms with van der Waals surface area (Å²) in [4.78, 5) is 12.2. The Morgan fingerprint density at radius 3 is 2.64 bits per heavy atom. The Bertz CT molecular complexity index is 1130. The molecule has 0 aliphatic heterocycles. The van der Waals surface area contributed by atoms with Gasteiger partial charge in [0.2, 0.25) is 0 Å². The van der Waals surface area contributed by atoms with E-state index in [1.165, 1.54) is 0 Å². The van der Waals surface area contributed by atoms with Crippen LogP contribution in [0.15, 0.2) is 65.7 Å². The highest BCUT2D eigenvalue weighted by Gasteiger charge is 2.06. The molecule has 0 unspecified atom stereocenters. The van der Waals surface area contributed by atoms with E-state index in [4.69, 9.17) is 23.2 Å². The number of H-pyrrole nitrogens is 1. The van der Waals surface area contributed by atoms with Crippen LogP contribution in [0.25, 0.3) is 22.0 Å². The van der Waals surface area contributed by atoms with Gasteiger partial charge in [-0.1, -0.05) is 41.4 Å². The number of benzene rings is 2. The van der Waals surface area contributed by atoms with E-state index in [9.17, 15) is 4.79 Å². The Morgan fingerprint density at radius 1 is 0.960 bits per heavy atom. The van der Waals surface area contributed by atoms with Crippen molar-refractivity contribution in [2.24, 2.45) is 0 Å².